The predicted octanol–water partition coefficient (Wildman–Crippen LogP) is 2.21. The van der Waals surface area contributed by atoms with Crippen molar-refractivity contribution in [2.75, 3.05) is 5.32 Å². The lowest BCUT2D eigenvalue weighted by molar-refractivity contribution is 0.102. The number of carbonyl (C=O) groups is 1. The molecule has 0 saturated heterocycles. The van der Waals surface area contributed by atoms with Crippen molar-refractivity contribution in [2.24, 2.45) is 0 Å². The summed E-state index contributed by atoms with van der Waals surface area (Å²) in [7, 11) is -3.61. The molecule has 0 atom stereocenters. The van der Waals surface area contributed by atoms with Crippen molar-refractivity contribution in [1.82, 2.24) is 19.5 Å². The third-order valence-electron chi connectivity index (χ3n) is 4.57. The molecule has 3 aromatic rings. The molecular weight excluding hydrogens is 390 g/mol. The summed E-state index contributed by atoms with van der Waals surface area (Å²) in [6.07, 6.45) is 7.78. The topological polar surface area (TPSA) is 106 Å². The van der Waals surface area contributed by atoms with Gasteiger partial charge in [0.1, 0.15) is 0 Å². The lowest BCUT2D eigenvalue weighted by atomic mass is 10.2. The number of pyridine rings is 1. The molecule has 9 heteroatoms. The van der Waals surface area contributed by atoms with Gasteiger partial charge in [0.15, 0.2) is 5.82 Å². The Morgan fingerprint density at radius 1 is 1.14 bits per heavy atom. The Morgan fingerprint density at radius 3 is 2.69 bits per heavy atom. The van der Waals surface area contributed by atoms with Crippen LogP contribution in [0.15, 0.2) is 66.0 Å². The Balaban J connectivity index is 1.39. The van der Waals surface area contributed by atoms with E-state index < -0.39 is 15.9 Å². The number of rotatable bonds is 8. The highest BCUT2D eigenvalue weighted by atomic mass is 32.2. The summed E-state index contributed by atoms with van der Waals surface area (Å²) < 4.78 is 29.1. The molecule has 0 spiro atoms. The van der Waals surface area contributed by atoms with Crippen LogP contribution in [-0.4, -0.2) is 35.1 Å². The van der Waals surface area contributed by atoms with Gasteiger partial charge in [-0.05, 0) is 55.2 Å². The maximum absolute atomic E-state index is 12.5. The molecule has 1 saturated carbocycles. The van der Waals surface area contributed by atoms with Crippen molar-refractivity contribution in [3.05, 3.63) is 72.2 Å². The van der Waals surface area contributed by atoms with Crippen molar-refractivity contribution in [2.45, 2.75) is 36.7 Å². The maximum atomic E-state index is 12.5. The molecule has 4 rings (SSSR count). The summed E-state index contributed by atoms with van der Waals surface area (Å²) in [5.74, 6) is 0.00181. The normalized spacial score (nSPS) is 13.9. The first-order valence-corrected chi connectivity index (χ1v) is 10.8. The average molecular weight is 411 g/mol. The van der Waals surface area contributed by atoms with Gasteiger partial charge in [-0.25, -0.2) is 13.1 Å². The minimum Gasteiger partial charge on any atom is -0.305 e. The predicted molar refractivity (Wildman–Crippen MR) is 108 cm³/mol. The van der Waals surface area contributed by atoms with E-state index in [1.54, 1.807) is 41.5 Å². The zero-order valence-electron chi connectivity index (χ0n) is 15.7. The molecule has 29 heavy (non-hydrogen) atoms. The monoisotopic (exact) mass is 411 g/mol. The number of aryl methyl sites for hydroxylation is 2. The van der Waals surface area contributed by atoms with Gasteiger partial charge in [-0.3, -0.25) is 14.5 Å². The summed E-state index contributed by atoms with van der Waals surface area (Å²) in [4.78, 5) is 16.6. The third-order valence-corrected chi connectivity index (χ3v) is 6.09. The lowest BCUT2D eigenvalue weighted by Crippen LogP contribution is -2.26. The Hall–Kier alpha value is -3.04. The molecule has 150 valence electrons. The van der Waals surface area contributed by atoms with E-state index in [4.69, 9.17) is 0 Å². The van der Waals surface area contributed by atoms with Gasteiger partial charge in [0.05, 0.1) is 4.90 Å². The number of nitrogens with one attached hydrogen (secondary N) is 2. The van der Waals surface area contributed by atoms with E-state index in [0.717, 1.165) is 24.8 Å². The smallest absolute Gasteiger partial charge is 0.256 e. The van der Waals surface area contributed by atoms with Crippen molar-refractivity contribution in [3.63, 3.8) is 0 Å². The van der Waals surface area contributed by atoms with Crippen molar-refractivity contribution in [3.8, 4) is 0 Å². The molecule has 1 amide bonds. The number of nitrogens with zero attached hydrogens (tertiary/aromatic N) is 3. The van der Waals surface area contributed by atoms with Crippen LogP contribution < -0.4 is 10.0 Å². The van der Waals surface area contributed by atoms with Gasteiger partial charge >= 0.3 is 0 Å². The Labute approximate surface area is 169 Å². The maximum Gasteiger partial charge on any atom is 0.256 e. The van der Waals surface area contributed by atoms with Crippen LogP contribution in [0.2, 0.25) is 0 Å². The average Bonchev–Trinajstić information content (AvgIpc) is 3.42. The van der Waals surface area contributed by atoms with E-state index in [0.29, 0.717) is 12.4 Å². The fraction of sp³-hybridized carbons (Fsp3) is 0.250. The van der Waals surface area contributed by atoms with Gasteiger partial charge in [0, 0.05) is 42.8 Å². The van der Waals surface area contributed by atoms with Crippen LogP contribution >= 0.6 is 0 Å². The van der Waals surface area contributed by atoms with Crippen LogP contribution in [0, 0.1) is 0 Å². The van der Waals surface area contributed by atoms with Crippen molar-refractivity contribution >= 4 is 21.7 Å². The molecule has 0 unspecified atom stereocenters. The molecule has 2 aromatic heterocycles. The number of carbonyl (C=O) groups excluding carboxylic acids is 1. The van der Waals surface area contributed by atoms with E-state index in [2.05, 4.69) is 20.1 Å². The molecule has 2 heterocycles. The zero-order chi connectivity index (χ0) is 20.3. The number of sulfonamides is 1. The van der Waals surface area contributed by atoms with Gasteiger partial charge in [-0.15, -0.1) is 0 Å². The summed E-state index contributed by atoms with van der Waals surface area (Å²) in [5, 5.41) is 7.06. The largest absolute Gasteiger partial charge is 0.305 e. The van der Waals surface area contributed by atoms with Crippen LogP contribution in [0.1, 0.15) is 28.8 Å². The Bertz CT molecular complexity index is 1110. The van der Waals surface area contributed by atoms with Crippen molar-refractivity contribution < 1.29 is 13.2 Å². The highest BCUT2D eigenvalue weighted by molar-refractivity contribution is 7.89. The molecule has 1 aromatic carbocycles. The second-order valence-electron chi connectivity index (χ2n) is 6.95. The van der Waals surface area contributed by atoms with Gasteiger partial charge in [0.25, 0.3) is 5.91 Å². The van der Waals surface area contributed by atoms with Gasteiger partial charge < -0.3 is 5.32 Å². The third kappa shape index (κ3) is 5.07. The number of hydrogen-bond acceptors (Lipinski definition) is 5. The van der Waals surface area contributed by atoms with Crippen LogP contribution in [0.25, 0.3) is 0 Å². The van der Waals surface area contributed by atoms with Gasteiger partial charge in [-0.1, -0.05) is 6.07 Å². The summed E-state index contributed by atoms with van der Waals surface area (Å²) >= 11 is 0. The molecule has 0 bridgehead atoms. The fourth-order valence-electron chi connectivity index (χ4n) is 2.83. The van der Waals surface area contributed by atoms with E-state index >= 15 is 0 Å². The Kier molecular flexibility index (Phi) is 5.41. The molecule has 1 aliphatic carbocycles. The summed E-state index contributed by atoms with van der Waals surface area (Å²) in [5.41, 5.74) is 1.41. The van der Waals surface area contributed by atoms with E-state index in [-0.39, 0.29) is 16.5 Å². The van der Waals surface area contributed by atoms with Crippen LogP contribution in [0.4, 0.5) is 5.82 Å². The second-order valence-corrected chi connectivity index (χ2v) is 8.66. The standard InChI is InChI=1S/C20H21N5O3S/c26-20(16-2-1-3-18(14-16)29(27,28)24-17-4-5-17)22-19-9-13-25(23-19)12-8-15-6-10-21-11-7-15/h1-3,6-7,9-11,13-14,17,24H,4-5,8,12H2,(H,22,23,26). The Morgan fingerprint density at radius 2 is 1.93 bits per heavy atom. The molecule has 8 nitrogen and oxygen atoms in total. The number of benzene rings is 1. The molecule has 0 radical (unpaired) electrons. The molecular formula is C20H21N5O3S. The van der Waals surface area contributed by atoms with Crippen LogP contribution in [0.3, 0.4) is 0 Å². The SMILES string of the molecule is O=C(Nc1ccn(CCc2ccncc2)n1)c1cccc(S(=O)(=O)NC2CC2)c1. The summed E-state index contributed by atoms with van der Waals surface area (Å²) in [6, 6.07) is 11.6. The minimum absolute atomic E-state index is 0.00796. The van der Waals surface area contributed by atoms with E-state index in [1.165, 1.54) is 12.1 Å². The number of hydrogen-bond donors (Lipinski definition) is 2. The number of anilines is 1. The highest BCUT2D eigenvalue weighted by Crippen LogP contribution is 2.22. The van der Waals surface area contributed by atoms with E-state index in [9.17, 15) is 13.2 Å². The number of amides is 1. The summed E-state index contributed by atoms with van der Waals surface area (Å²) in [6.45, 7) is 0.667. The first-order valence-electron chi connectivity index (χ1n) is 9.36. The van der Waals surface area contributed by atoms with Crippen LogP contribution in [-0.2, 0) is 23.0 Å². The fourth-order valence-corrected chi connectivity index (χ4v) is 4.18. The lowest BCUT2D eigenvalue weighted by Gasteiger charge is -2.07. The van der Waals surface area contributed by atoms with Crippen LogP contribution in [0.5, 0.6) is 0 Å². The first-order chi connectivity index (χ1) is 14.0. The number of aromatic nitrogens is 3. The first kappa shape index (κ1) is 19.3. The highest BCUT2D eigenvalue weighted by Gasteiger charge is 2.28. The van der Waals surface area contributed by atoms with Gasteiger partial charge in [0.2, 0.25) is 10.0 Å². The molecule has 2 N–H and O–H groups in total. The zero-order valence-corrected chi connectivity index (χ0v) is 16.5. The molecule has 1 aliphatic rings. The second kappa shape index (κ2) is 8.14. The quantitative estimate of drug-likeness (QED) is 0.591. The minimum atomic E-state index is -3.61. The van der Waals surface area contributed by atoms with E-state index in [1.807, 2.05) is 12.1 Å². The molecule has 0 aliphatic heterocycles. The molecule has 1 fully saturated rings. The van der Waals surface area contributed by atoms with Gasteiger partial charge in [-0.2, -0.15) is 5.10 Å². The van der Waals surface area contributed by atoms with Crippen molar-refractivity contribution in [1.29, 1.82) is 0 Å².